The summed E-state index contributed by atoms with van der Waals surface area (Å²) in [5.41, 5.74) is 2.90. The summed E-state index contributed by atoms with van der Waals surface area (Å²) in [6.07, 6.45) is 1.35. The monoisotopic (exact) mass is 398 g/mol. The molecule has 156 valence electrons. The molecule has 0 saturated heterocycles. The van der Waals surface area contributed by atoms with E-state index in [1.54, 1.807) is 21.3 Å². The third kappa shape index (κ3) is 7.03. The van der Waals surface area contributed by atoms with Gasteiger partial charge >= 0.3 is 0 Å². The van der Waals surface area contributed by atoms with Crippen molar-refractivity contribution in [2.45, 2.75) is 32.9 Å². The molecule has 29 heavy (non-hydrogen) atoms. The minimum Gasteiger partial charge on any atom is -0.493 e. The smallest absolute Gasteiger partial charge is 0.224 e. The van der Waals surface area contributed by atoms with Crippen LogP contribution >= 0.6 is 0 Å². The second-order valence-corrected chi connectivity index (χ2v) is 6.47. The quantitative estimate of drug-likeness (QED) is 0.446. The lowest BCUT2D eigenvalue weighted by atomic mass is 10.2. The van der Waals surface area contributed by atoms with E-state index in [-0.39, 0.29) is 5.91 Å². The number of ether oxygens (including phenoxy) is 2. The summed E-state index contributed by atoms with van der Waals surface area (Å²) in [6.45, 7) is 3.16. The van der Waals surface area contributed by atoms with Crippen LogP contribution in [0.2, 0.25) is 0 Å². The van der Waals surface area contributed by atoms with Gasteiger partial charge in [0.2, 0.25) is 5.91 Å². The zero-order chi connectivity index (χ0) is 21.1. The molecule has 0 aliphatic heterocycles. The van der Waals surface area contributed by atoms with E-state index in [1.165, 1.54) is 0 Å². The van der Waals surface area contributed by atoms with Crippen molar-refractivity contribution in [3.8, 4) is 11.5 Å². The van der Waals surface area contributed by atoms with Crippen molar-refractivity contribution in [3.63, 3.8) is 0 Å². The number of carbonyl (C=O) groups excluding carboxylic acids is 1. The Morgan fingerprint density at radius 2 is 1.66 bits per heavy atom. The highest BCUT2D eigenvalue weighted by molar-refractivity contribution is 5.90. The molecule has 0 bridgehead atoms. The van der Waals surface area contributed by atoms with Crippen LogP contribution in [0.4, 0.5) is 5.69 Å². The first kappa shape index (κ1) is 22.1. The molecule has 0 heterocycles. The molecule has 0 aliphatic carbocycles. The Morgan fingerprint density at radius 1 is 0.966 bits per heavy atom. The number of carbonyl (C=O) groups is 1. The van der Waals surface area contributed by atoms with Gasteiger partial charge in [0, 0.05) is 32.2 Å². The zero-order valence-electron chi connectivity index (χ0n) is 17.5. The maximum absolute atomic E-state index is 11.8. The second kappa shape index (κ2) is 11.6. The number of hydrogen-bond donors (Lipinski definition) is 3. The molecule has 0 saturated carbocycles. The molecule has 0 aromatic heterocycles. The van der Waals surface area contributed by atoms with E-state index in [9.17, 15) is 4.79 Å². The van der Waals surface area contributed by atoms with Crippen LogP contribution in [0.25, 0.3) is 0 Å². The molecule has 0 fully saturated rings. The average Bonchev–Trinajstić information content (AvgIpc) is 2.74. The summed E-state index contributed by atoms with van der Waals surface area (Å²) >= 11 is 0. The summed E-state index contributed by atoms with van der Waals surface area (Å²) in [5.74, 6) is 2.10. The number of anilines is 1. The van der Waals surface area contributed by atoms with Gasteiger partial charge in [-0.2, -0.15) is 0 Å². The van der Waals surface area contributed by atoms with E-state index in [1.807, 2.05) is 49.4 Å². The molecule has 0 unspecified atom stereocenters. The van der Waals surface area contributed by atoms with Crippen LogP contribution in [0.1, 0.15) is 30.9 Å². The molecular formula is C22H30N4O3. The third-order valence-electron chi connectivity index (χ3n) is 4.28. The average molecular weight is 399 g/mol. The summed E-state index contributed by atoms with van der Waals surface area (Å²) in [7, 11) is 4.96. The van der Waals surface area contributed by atoms with Crippen molar-refractivity contribution >= 4 is 17.6 Å². The predicted octanol–water partition coefficient (Wildman–Crippen LogP) is 3.31. The largest absolute Gasteiger partial charge is 0.493 e. The molecule has 2 rings (SSSR count). The number of rotatable bonds is 9. The van der Waals surface area contributed by atoms with Gasteiger partial charge in [0.25, 0.3) is 0 Å². The number of hydrogen-bond acceptors (Lipinski definition) is 4. The highest BCUT2D eigenvalue weighted by Gasteiger charge is 2.06. The van der Waals surface area contributed by atoms with Crippen LogP contribution in [0, 0.1) is 0 Å². The SMILES string of the molecule is CCCC(=O)Nc1cccc(CNC(=NC)NCc2ccc(OC)c(OC)c2)c1. The summed E-state index contributed by atoms with van der Waals surface area (Å²) in [5, 5.41) is 9.48. The Hall–Kier alpha value is -3.22. The van der Waals surface area contributed by atoms with Crippen molar-refractivity contribution in [3.05, 3.63) is 53.6 Å². The van der Waals surface area contributed by atoms with E-state index in [2.05, 4.69) is 20.9 Å². The van der Waals surface area contributed by atoms with Crippen molar-refractivity contribution in [2.24, 2.45) is 4.99 Å². The molecule has 0 radical (unpaired) electrons. The molecular weight excluding hydrogens is 368 g/mol. The standard InChI is InChI=1S/C22H30N4O3/c1-5-7-21(27)26-18-9-6-8-16(12-18)14-24-22(23-2)25-15-17-10-11-19(28-3)20(13-17)29-4/h6,8-13H,5,7,14-15H2,1-4H3,(H,26,27)(H2,23,24,25). The number of methoxy groups -OCH3 is 2. The van der Waals surface area contributed by atoms with Crippen LogP contribution in [0.5, 0.6) is 11.5 Å². The molecule has 7 heteroatoms. The van der Waals surface area contributed by atoms with Crippen LogP contribution in [-0.2, 0) is 17.9 Å². The first-order chi connectivity index (χ1) is 14.1. The van der Waals surface area contributed by atoms with Crippen molar-refractivity contribution in [2.75, 3.05) is 26.6 Å². The van der Waals surface area contributed by atoms with Crippen LogP contribution in [0.3, 0.4) is 0 Å². The maximum Gasteiger partial charge on any atom is 0.224 e. The van der Waals surface area contributed by atoms with Crippen LogP contribution < -0.4 is 25.4 Å². The maximum atomic E-state index is 11.8. The Labute approximate surface area is 172 Å². The van der Waals surface area contributed by atoms with Gasteiger partial charge in [-0.15, -0.1) is 0 Å². The molecule has 2 aromatic rings. The Kier molecular flexibility index (Phi) is 8.82. The van der Waals surface area contributed by atoms with E-state index < -0.39 is 0 Å². The number of amides is 1. The Bertz CT molecular complexity index is 837. The number of nitrogens with one attached hydrogen (secondary N) is 3. The summed E-state index contributed by atoms with van der Waals surface area (Å²) in [4.78, 5) is 16.0. The van der Waals surface area contributed by atoms with Gasteiger partial charge in [0.15, 0.2) is 17.5 Å². The number of benzene rings is 2. The molecule has 0 spiro atoms. The van der Waals surface area contributed by atoms with Gasteiger partial charge in [-0.25, -0.2) is 0 Å². The van der Waals surface area contributed by atoms with Gasteiger partial charge in [-0.1, -0.05) is 25.1 Å². The minimum absolute atomic E-state index is 0.0324. The summed E-state index contributed by atoms with van der Waals surface area (Å²) in [6, 6.07) is 13.6. The number of nitrogens with zero attached hydrogens (tertiary/aromatic N) is 1. The van der Waals surface area contributed by atoms with Crippen molar-refractivity contribution in [1.29, 1.82) is 0 Å². The van der Waals surface area contributed by atoms with E-state index in [0.29, 0.717) is 37.0 Å². The van der Waals surface area contributed by atoms with E-state index >= 15 is 0 Å². The molecule has 7 nitrogen and oxygen atoms in total. The van der Waals surface area contributed by atoms with E-state index in [4.69, 9.17) is 9.47 Å². The topological polar surface area (TPSA) is 84.0 Å². The molecule has 0 aliphatic rings. The van der Waals surface area contributed by atoms with Gasteiger partial charge in [0.1, 0.15) is 0 Å². The lowest BCUT2D eigenvalue weighted by Gasteiger charge is -2.14. The van der Waals surface area contributed by atoms with Gasteiger partial charge in [-0.3, -0.25) is 9.79 Å². The summed E-state index contributed by atoms with van der Waals surface area (Å²) < 4.78 is 10.6. The first-order valence-electron chi connectivity index (χ1n) is 9.63. The van der Waals surface area contributed by atoms with Crippen LogP contribution in [0.15, 0.2) is 47.5 Å². The predicted molar refractivity (Wildman–Crippen MR) is 117 cm³/mol. The number of guanidine groups is 1. The minimum atomic E-state index is 0.0324. The normalized spacial score (nSPS) is 11.0. The highest BCUT2D eigenvalue weighted by Crippen LogP contribution is 2.27. The Balaban J connectivity index is 1.90. The molecule has 1 amide bonds. The van der Waals surface area contributed by atoms with Gasteiger partial charge in [0.05, 0.1) is 14.2 Å². The highest BCUT2D eigenvalue weighted by atomic mass is 16.5. The third-order valence-corrected chi connectivity index (χ3v) is 4.28. The van der Waals surface area contributed by atoms with Crippen molar-refractivity contribution in [1.82, 2.24) is 10.6 Å². The van der Waals surface area contributed by atoms with Crippen molar-refractivity contribution < 1.29 is 14.3 Å². The van der Waals surface area contributed by atoms with E-state index in [0.717, 1.165) is 23.2 Å². The second-order valence-electron chi connectivity index (χ2n) is 6.47. The first-order valence-corrected chi connectivity index (χ1v) is 9.63. The van der Waals surface area contributed by atoms with Gasteiger partial charge in [-0.05, 0) is 41.8 Å². The molecule has 2 aromatic carbocycles. The zero-order valence-corrected chi connectivity index (χ0v) is 17.5. The fraction of sp³-hybridized carbons (Fsp3) is 0.364. The number of aliphatic imine (C=N–C) groups is 1. The van der Waals surface area contributed by atoms with Gasteiger partial charge < -0.3 is 25.4 Å². The molecule has 0 atom stereocenters. The lowest BCUT2D eigenvalue weighted by molar-refractivity contribution is -0.116. The lowest BCUT2D eigenvalue weighted by Crippen LogP contribution is -2.36. The Morgan fingerprint density at radius 3 is 2.28 bits per heavy atom. The van der Waals surface area contributed by atoms with Crippen LogP contribution in [-0.4, -0.2) is 33.1 Å². The fourth-order valence-corrected chi connectivity index (χ4v) is 2.79. The molecule has 3 N–H and O–H groups in total. The fourth-order valence-electron chi connectivity index (χ4n) is 2.79.